The van der Waals surface area contributed by atoms with Crippen LogP contribution < -0.4 is 5.32 Å². The minimum absolute atomic E-state index is 0.00941. The molecule has 3 atom stereocenters. The third kappa shape index (κ3) is 4.23. The lowest BCUT2D eigenvalue weighted by atomic mass is 9.49. The van der Waals surface area contributed by atoms with E-state index in [1.807, 2.05) is 0 Å². The maximum atomic E-state index is 13.0. The number of carbonyl (C=O) groups is 1. The molecule has 2 heteroatoms. The fraction of sp³-hybridized carbons (Fsp3) is 0.955. The number of Topliss-reactive ketones (excluding diaryl/α,β-unsaturated/α-hetero) is 1. The predicted molar refractivity (Wildman–Crippen MR) is 103 cm³/mol. The van der Waals surface area contributed by atoms with Gasteiger partial charge in [0.2, 0.25) is 0 Å². The van der Waals surface area contributed by atoms with E-state index in [2.05, 4.69) is 60.7 Å². The smallest absolute Gasteiger partial charge is 0.155 e. The zero-order valence-corrected chi connectivity index (χ0v) is 17.5. The van der Waals surface area contributed by atoms with Crippen molar-refractivity contribution < 1.29 is 4.79 Å². The lowest BCUT2D eigenvalue weighted by molar-refractivity contribution is -0.130. The first-order valence-electron chi connectivity index (χ1n) is 10.2. The minimum Gasteiger partial charge on any atom is -0.303 e. The van der Waals surface area contributed by atoms with E-state index in [0.29, 0.717) is 17.1 Å². The number of hydrogen-bond donors (Lipinski definition) is 1. The number of rotatable bonds is 4. The van der Waals surface area contributed by atoms with Gasteiger partial charge in [0.25, 0.3) is 0 Å². The summed E-state index contributed by atoms with van der Waals surface area (Å²) in [4.78, 5) is 13.0. The van der Waals surface area contributed by atoms with Crippen molar-refractivity contribution in [1.29, 1.82) is 0 Å². The molecule has 2 nitrogen and oxygen atoms in total. The molecule has 0 aromatic rings. The summed E-state index contributed by atoms with van der Waals surface area (Å²) in [6, 6.07) is -0.00941. The summed E-state index contributed by atoms with van der Waals surface area (Å²) in [5, 5.41) is 3.64. The second kappa shape index (κ2) is 6.74. The van der Waals surface area contributed by atoms with E-state index in [-0.39, 0.29) is 17.0 Å². The van der Waals surface area contributed by atoms with Crippen molar-refractivity contribution in [2.45, 2.75) is 105 Å². The Morgan fingerprint density at radius 3 is 1.88 bits per heavy atom. The Morgan fingerprint density at radius 2 is 1.54 bits per heavy atom. The van der Waals surface area contributed by atoms with Gasteiger partial charge in [-0.25, -0.2) is 0 Å². The van der Waals surface area contributed by atoms with Crippen LogP contribution in [0.2, 0.25) is 0 Å². The van der Waals surface area contributed by atoms with Crippen molar-refractivity contribution in [2.75, 3.05) is 0 Å². The van der Waals surface area contributed by atoms with Gasteiger partial charge in [-0.05, 0) is 76.0 Å². The largest absolute Gasteiger partial charge is 0.303 e. The molecule has 2 aliphatic carbocycles. The van der Waals surface area contributed by atoms with Crippen molar-refractivity contribution in [3.8, 4) is 0 Å². The van der Waals surface area contributed by atoms with Crippen LogP contribution in [-0.4, -0.2) is 17.4 Å². The standard InChI is InChI=1S/C22H41NO/c1-15-12-17(13-16(2)22(15)10-9-11-22)14-18(23-21(6,7)8)19(24)20(3,4)5/h15-18,23H,9-14H2,1-8H3. The predicted octanol–water partition coefficient (Wildman–Crippen LogP) is 5.60. The molecule has 3 unspecified atom stereocenters. The molecule has 140 valence electrons. The first-order chi connectivity index (χ1) is 10.8. The number of ketones is 1. The summed E-state index contributed by atoms with van der Waals surface area (Å²) in [5.41, 5.74) is 0.341. The van der Waals surface area contributed by atoms with Gasteiger partial charge in [0.1, 0.15) is 0 Å². The first-order valence-corrected chi connectivity index (χ1v) is 10.2. The van der Waals surface area contributed by atoms with Gasteiger partial charge in [-0.2, -0.15) is 0 Å². The molecule has 2 rings (SSSR count). The summed E-state index contributed by atoms with van der Waals surface area (Å²) in [5.74, 6) is 2.70. The Kier molecular flexibility index (Phi) is 5.60. The molecule has 2 fully saturated rings. The summed E-state index contributed by atoms with van der Waals surface area (Å²) in [7, 11) is 0. The summed E-state index contributed by atoms with van der Waals surface area (Å²) in [6.07, 6.45) is 7.93. The van der Waals surface area contributed by atoms with E-state index in [4.69, 9.17) is 0 Å². The van der Waals surface area contributed by atoms with E-state index in [1.165, 1.54) is 32.1 Å². The molecular weight excluding hydrogens is 294 g/mol. The van der Waals surface area contributed by atoms with Crippen molar-refractivity contribution in [3.05, 3.63) is 0 Å². The highest BCUT2D eigenvalue weighted by Gasteiger charge is 2.50. The molecule has 0 aliphatic heterocycles. The highest BCUT2D eigenvalue weighted by atomic mass is 16.1. The quantitative estimate of drug-likeness (QED) is 0.724. The van der Waals surface area contributed by atoms with Crippen LogP contribution in [0, 0.1) is 28.6 Å². The third-order valence-corrected chi connectivity index (χ3v) is 6.85. The van der Waals surface area contributed by atoms with Crippen LogP contribution in [0.5, 0.6) is 0 Å². The van der Waals surface area contributed by atoms with Crippen LogP contribution in [0.3, 0.4) is 0 Å². The van der Waals surface area contributed by atoms with E-state index in [1.54, 1.807) is 0 Å². The normalized spacial score (nSPS) is 31.6. The van der Waals surface area contributed by atoms with Crippen molar-refractivity contribution in [2.24, 2.45) is 28.6 Å². The molecule has 1 N–H and O–H groups in total. The average molecular weight is 336 g/mol. The Morgan fingerprint density at radius 1 is 1.04 bits per heavy atom. The Labute approximate surface area is 150 Å². The first kappa shape index (κ1) is 19.9. The number of hydrogen-bond acceptors (Lipinski definition) is 2. The molecular formula is C22H41NO. The molecule has 0 saturated heterocycles. The molecule has 0 radical (unpaired) electrons. The highest BCUT2D eigenvalue weighted by molar-refractivity contribution is 5.88. The van der Waals surface area contributed by atoms with Gasteiger partial charge < -0.3 is 5.32 Å². The zero-order valence-electron chi connectivity index (χ0n) is 17.5. The van der Waals surface area contributed by atoms with Crippen molar-refractivity contribution in [3.63, 3.8) is 0 Å². The van der Waals surface area contributed by atoms with Gasteiger partial charge in [0, 0.05) is 11.0 Å². The van der Waals surface area contributed by atoms with Crippen LogP contribution >= 0.6 is 0 Å². The Hall–Kier alpha value is -0.370. The Balaban J connectivity index is 2.08. The number of carbonyl (C=O) groups excluding carboxylic acids is 1. The lowest BCUT2D eigenvalue weighted by Crippen LogP contribution is -2.53. The molecule has 24 heavy (non-hydrogen) atoms. The monoisotopic (exact) mass is 335 g/mol. The molecule has 0 aromatic carbocycles. The topological polar surface area (TPSA) is 29.1 Å². The van der Waals surface area contributed by atoms with Crippen LogP contribution in [0.15, 0.2) is 0 Å². The van der Waals surface area contributed by atoms with Crippen LogP contribution in [0.25, 0.3) is 0 Å². The fourth-order valence-corrected chi connectivity index (χ4v) is 5.42. The van der Waals surface area contributed by atoms with Crippen molar-refractivity contribution in [1.82, 2.24) is 5.32 Å². The van der Waals surface area contributed by atoms with Crippen LogP contribution in [-0.2, 0) is 4.79 Å². The van der Waals surface area contributed by atoms with Gasteiger partial charge in [-0.15, -0.1) is 0 Å². The number of nitrogens with one attached hydrogen (secondary N) is 1. The lowest BCUT2D eigenvalue weighted by Gasteiger charge is -2.56. The summed E-state index contributed by atoms with van der Waals surface area (Å²) in [6.45, 7) is 17.6. The molecule has 0 heterocycles. The molecule has 0 amide bonds. The van der Waals surface area contributed by atoms with Gasteiger partial charge in [-0.1, -0.05) is 41.0 Å². The highest BCUT2D eigenvalue weighted by Crippen LogP contribution is 2.59. The van der Waals surface area contributed by atoms with E-state index in [0.717, 1.165) is 18.3 Å². The Bertz CT molecular complexity index is 436. The van der Waals surface area contributed by atoms with Crippen LogP contribution in [0.4, 0.5) is 0 Å². The minimum atomic E-state index is -0.274. The molecule has 0 aromatic heterocycles. The third-order valence-electron chi connectivity index (χ3n) is 6.85. The second-order valence-electron chi connectivity index (χ2n) is 11.0. The van der Waals surface area contributed by atoms with Gasteiger partial charge >= 0.3 is 0 Å². The average Bonchev–Trinajstić information content (AvgIpc) is 2.31. The fourth-order valence-electron chi connectivity index (χ4n) is 5.42. The molecule has 1 spiro atoms. The van der Waals surface area contributed by atoms with Gasteiger partial charge in [-0.3, -0.25) is 4.79 Å². The van der Waals surface area contributed by atoms with Crippen molar-refractivity contribution >= 4 is 5.78 Å². The van der Waals surface area contributed by atoms with E-state index in [9.17, 15) is 4.79 Å². The molecule has 0 bridgehead atoms. The maximum Gasteiger partial charge on any atom is 0.155 e. The van der Waals surface area contributed by atoms with Crippen LogP contribution in [0.1, 0.15) is 93.9 Å². The molecule has 2 saturated carbocycles. The maximum absolute atomic E-state index is 13.0. The zero-order chi connectivity index (χ0) is 18.3. The van der Waals surface area contributed by atoms with Gasteiger partial charge in [0.15, 0.2) is 5.78 Å². The van der Waals surface area contributed by atoms with Gasteiger partial charge in [0.05, 0.1) is 6.04 Å². The summed E-state index contributed by atoms with van der Waals surface area (Å²) >= 11 is 0. The summed E-state index contributed by atoms with van der Waals surface area (Å²) < 4.78 is 0. The van der Waals surface area contributed by atoms with E-state index >= 15 is 0 Å². The molecule has 2 aliphatic rings. The van der Waals surface area contributed by atoms with E-state index < -0.39 is 0 Å². The SMILES string of the molecule is CC1CC(CC(NC(C)(C)C)C(=O)C(C)(C)C)CC(C)C12CCC2. The second-order valence-corrected chi connectivity index (χ2v) is 11.0.